The molecule has 0 bridgehead atoms. The molecule has 1 heterocycles. The van der Waals surface area contributed by atoms with E-state index in [9.17, 15) is 9.59 Å². The minimum atomic E-state index is -0.438. The van der Waals surface area contributed by atoms with Crippen molar-refractivity contribution in [2.75, 3.05) is 11.9 Å². The molecular weight excluding hydrogens is 402 g/mol. The molecule has 6 nitrogen and oxygen atoms in total. The van der Waals surface area contributed by atoms with E-state index >= 15 is 0 Å². The molecule has 3 aromatic carbocycles. The van der Waals surface area contributed by atoms with Crippen molar-refractivity contribution in [1.29, 1.82) is 0 Å². The first-order chi connectivity index (χ1) is 15.6. The van der Waals surface area contributed by atoms with Crippen molar-refractivity contribution < 1.29 is 14.3 Å². The Hall–Kier alpha value is -4.32. The van der Waals surface area contributed by atoms with Gasteiger partial charge in [-0.15, -0.1) is 0 Å². The first kappa shape index (κ1) is 20.9. The quantitative estimate of drug-likeness (QED) is 0.365. The Bertz CT molecular complexity index is 1280. The van der Waals surface area contributed by atoms with Crippen LogP contribution in [0.25, 0.3) is 17.0 Å². The van der Waals surface area contributed by atoms with Crippen LogP contribution in [0.4, 0.5) is 5.69 Å². The number of fused-ring (bicyclic) bond motifs is 1. The number of hydrogen-bond acceptors (Lipinski definition) is 3. The first-order valence-corrected chi connectivity index (χ1v) is 10.3. The predicted molar refractivity (Wildman–Crippen MR) is 126 cm³/mol. The van der Waals surface area contributed by atoms with Gasteiger partial charge in [-0.2, -0.15) is 0 Å². The van der Waals surface area contributed by atoms with Crippen LogP contribution in [0.2, 0.25) is 0 Å². The lowest BCUT2D eigenvalue weighted by Crippen LogP contribution is -2.30. The van der Waals surface area contributed by atoms with Crippen molar-refractivity contribution in [3.8, 4) is 5.75 Å². The molecule has 32 heavy (non-hydrogen) atoms. The second kappa shape index (κ2) is 9.66. The molecule has 0 fully saturated rings. The van der Waals surface area contributed by atoms with E-state index in [-0.39, 0.29) is 11.6 Å². The van der Waals surface area contributed by atoms with Gasteiger partial charge in [-0.25, -0.2) is 0 Å². The first-order valence-electron chi connectivity index (χ1n) is 10.3. The number of H-pyrrole nitrogens is 1. The molecule has 0 spiro atoms. The summed E-state index contributed by atoms with van der Waals surface area (Å²) in [5, 5.41) is 6.66. The number of ether oxygens (including phenoxy) is 1. The fraction of sp³-hybridized carbons (Fsp3) is 0.0769. The van der Waals surface area contributed by atoms with Crippen LogP contribution in [0.3, 0.4) is 0 Å². The zero-order valence-corrected chi connectivity index (χ0v) is 17.6. The van der Waals surface area contributed by atoms with E-state index in [1.807, 2.05) is 67.7 Å². The maximum atomic E-state index is 13.2. The summed E-state index contributed by atoms with van der Waals surface area (Å²) in [5.41, 5.74) is 2.77. The highest BCUT2D eigenvalue weighted by Crippen LogP contribution is 2.22. The molecule has 0 aliphatic carbocycles. The highest BCUT2D eigenvalue weighted by atomic mass is 16.5. The molecule has 6 heteroatoms. The van der Waals surface area contributed by atoms with Gasteiger partial charge in [0.1, 0.15) is 11.4 Å². The Balaban J connectivity index is 1.66. The van der Waals surface area contributed by atoms with E-state index in [4.69, 9.17) is 4.74 Å². The molecule has 0 aliphatic heterocycles. The number of carbonyl (C=O) groups is 2. The fourth-order valence-electron chi connectivity index (χ4n) is 3.31. The van der Waals surface area contributed by atoms with Crippen molar-refractivity contribution in [3.05, 3.63) is 102 Å². The SMILES string of the molecule is CCOc1ccccc1/C=C(/NC(=O)c1ccccc1)C(=O)Nc1ccc2cc[nH]c2c1. The second-order valence-corrected chi connectivity index (χ2v) is 7.08. The largest absolute Gasteiger partial charge is 0.493 e. The molecule has 0 saturated carbocycles. The van der Waals surface area contributed by atoms with Crippen molar-refractivity contribution >= 4 is 34.5 Å². The minimum absolute atomic E-state index is 0.109. The molecule has 160 valence electrons. The van der Waals surface area contributed by atoms with Crippen LogP contribution in [0.15, 0.2) is 90.8 Å². The number of carbonyl (C=O) groups excluding carboxylic acids is 2. The third-order valence-electron chi connectivity index (χ3n) is 4.86. The predicted octanol–water partition coefficient (Wildman–Crippen LogP) is 4.98. The maximum absolute atomic E-state index is 13.2. The van der Waals surface area contributed by atoms with Crippen LogP contribution < -0.4 is 15.4 Å². The monoisotopic (exact) mass is 425 g/mol. The minimum Gasteiger partial charge on any atom is -0.493 e. The van der Waals surface area contributed by atoms with Gasteiger partial charge >= 0.3 is 0 Å². The summed E-state index contributed by atoms with van der Waals surface area (Å²) in [6, 6.07) is 23.7. The third-order valence-corrected chi connectivity index (χ3v) is 4.86. The molecule has 2 amide bonds. The van der Waals surface area contributed by atoms with Crippen LogP contribution in [0.1, 0.15) is 22.8 Å². The van der Waals surface area contributed by atoms with E-state index < -0.39 is 5.91 Å². The number of rotatable bonds is 7. The number of benzene rings is 3. The van der Waals surface area contributed by atoms with Crippen LogP contribution in [0, 0.1) is 0 Å². The summed E-state index contributed by atoms with van der Waals surface area (Å²) in [5.74, 6) is -0.186. The van der Waals surface area contributed by atoms with Gasteiger partial charge in [-0.05, 0) is 54.8 Å². The summed E-state index contributed by atoms with van der Waals surface area (Å²) in [6.45, 7) is 2.38. The van der Waals surface area contributed by atoms with E-state index in [0.717, 1.165) is 10.9 Å². The topological polar surface area (TPSA) is 83.2 Å². The number of aromatic nitrogens is 1. The van der Waals surface area contributed by atoms with E-state index in [2.05, 4.69) is 15.6 Å². The smallest absolute Gasteiger partial charge is 0.272 e. The lowest BCUT2D eigenvalue weighted by molar-refractivity contribution is -0.113. The Labute approximate surface area is 185 Å². The van der Waals surface area contributed by atoms with Crippen molar-refractivity contribution in [3.63, 3.8) is 0 Å². The average Bonchev–Trinajstić information content (AvgIpc) is 3.28. The van der Waals surface area contributed by atoms with Crippen molar-refractivity contribution in [2.24, 2.45) is 0 Å². The highest BCUT2D eigenvalue weighted by Gasteiger charge is 2.16. The fourth-order valence-corrected chi connectivity index (χ4v) is 3.31. The number of hydrogen-bond donors (Lipinski definition) is 3. The molecule has 3 N–H and O–H groups in total. The van der Waals surface area contributed by atoms with Gasteiger partial charge in [0.15, 0.2) is 0 Å². The molecule has 0 aliphatic rings. The molecule has 0 atom stereocenters. The Kier molecular flexibility index (Phi) is 6.32. The van der Waals surface area contributed by atoms with E-state index in [0.29, 0.717) is 29.2 Å². The summed E-state index contributed by atoms with van der Waals surface area (Å²) >= 11 is 0. The van der Waals surface area contributed by atoms with Gasteiger partial charge in [-0.3, -0.25) is 9.59 Å². The molecule has 0 saturated heterocycles. The van der Waals surface area contributed by atoms with Gasteiger partial charge in [0.05, 0.1) is 6.61 Å². The van der Waals surface area contributed by atoms with Crippen LogP contribution in [-0.2, 0) is 4.79 Å². The molecule has 4 aromatic rings. The maximum Gasteiger partial charge on any atom is 0.272 e. The summed E-state index contributed by atoms with van der Waals surface area (Å²) < 4.78 is 5.67. The second-order valence-electron chi connectivity index (χ2n) is 7.08. The van der Waals surface area contributed by atoms with Crippen LogP contribution in [-0.4, -0.2) is 23.4 Å². The molecule has 1 aromatic heterocycles. The van der Waals surface area contributed by atoms with Crippen LogP contribution in [0.5, 0.6) is 5.75 Å². The lowest BCUT2D eigenvalue weighted by Gasteiger charge is -2.13. The molecule has 0 radical (unpaired) electrons. The van der Waals surface area contributed by atoms with Gasteiger partial charge in [0, 0.05) is 28.5 Å². The number of amides is 2. The lowest BCUT2D eigenvalue weighted by atomic mass is 10.1. The highest BCUT2D eigenvalue weighted by molar-refractivity contribution is 6.11. The summed E-state index contributed by atoms with van der Waals surface area (Å²) in [6.07, 6.45) is 3.46. The van der Waals surface area contributed by atoms with Gasteiger partial charge < -0.3 is 20.4 Å². The van der Waals surface area contributed by atoms with Crippen molar-refractivity contribution in [2.45, 2.75) is 6.92 Å². The number of para-hydroxylation sites is 1. The Morgan fingerprint density at radius 2 is 1.75 bits per heavy atom. The number of anilines is 1. The zero-order chi connectivity index (χ0) is 22.3. The molecule has 4 rings (SSSR count). The van der Waals surface area contributed by atoms with E-state index in [1.165, 1.54) is 0 Å². The van der Waals surface area contributed by atoms with Gasteiger partial charge in [-0.1, -0.05) is 42.5 Å². The average molecular weight is 425 g/mol. The molecule has 0 unspecified atom stereocenters. The summed E-state index contributed by atoms with van der Waals surface area (Å²) in [4.78, 5) is 29.1. The third kappa shape index (κ3) is 4.87. The van der Waals surface area contributed by atoms with Crippen molar-refractivity contribution in [1.82, 2.24) is 10.3 Å². The van der Waals surface area contributed by atoms with E-state index in [1.54, 1.807) is 30.3 Å². The van der Waals surface area contributed by atoms with Crippen LogP contribution >= 0.6 is 0 Å². The standard InChI is InChI=1S/C26H23N3O3/c1-2-32-24-11-7-6-10-20(24)16-23(29-25(30)19-8-4-3-5-9-19)26(31)28-21-13-12-18-14-15-27-22(18)17-21/h3-17,27H,2H2,1H3,(H,28,31)(H,29,30)/b23-16+. The Morgan fingerprint density at radius 1 is 0.969 bits per heavy atom. The normalized spacial score (nSPS) is 11.2. The zero-order valence-electron chi connectivity index (χ0n) is 17.6. The number of aromatic amines is 1. The summed E-state index contributed by atoms with van der Waals surface area (Å²) in [7, 11) is 0. The number of nitrogens with one attached hydrogen (secondary N) is 3. The Morgan fingerprint density at radius 3 is 2.56 bits per heavy atom. The van der Waals surface area contributed by atoms with Gasteiger partial charge in [0.2, 0.25) is 0 Å². The van der Waals surface area contributed by atoms with Gasteiger partial charge in [0.25, 0.3) is 11.8 Å². The molecular formula is C26H23N3O3.